The molecule has 0 spiro atoms. The van der Waals surface area contributed by atoms with Gasteiger partial charge in [0.15, 0.2) is 0 Å². The van der Waals surface area contributed by atoms with Gasteiger partial charge in [-0.05, 0) is 52.8 Å². The van der Waals surface area contributed by atoms with E-state index in [0.717, 1.165) is 17.9 Å². The van der Waals surface area contributed by atoms with Gasteiger partial charge in [0.25, 0.3) is 0 Å². The van der Waals surface area contributed by atoms with E-state index in [1.54, 1.807) is 0 Å². The van der Waals surface area contributed by atoms with Crippen LogP contribution in [-0.2, 0) is 6.42 Å². The molecule has 116 valence electrons. The second-order valence-electron chi connectivity index (χ2n) is 6.58. The summed E-state index contributed by atoms with van der Waals surface area (Å²) in [6, 6.07) is 25.5. The first-order chi connectivity index (χ1) is 11.7. The molecule has 0 unspecified atom stereocenters. The van der Waals surface area contributed by atoms with Gasteiger partial charge >= 0.3 is 0 Å². The summed E-state index contributed by atoms with van der Waals surface area (Å²) in [5.74, 6) is 0.598. The highest BCUT2D eigenvalue weighted by Gasteiger charge is 2.25. The quantitative estimate of drug-likeness (QED) is 0.503. The largest absolute Gasteiger partial charge is 0.0843 e. The Bertz CT molecular complexity index is 854. The molecule has 4 rings (SSSR count). The summed E-state index contributed by atoms with van der Waals surface area (Å²) in [6.45, 7) is 0. The van der Waals surface area contributed by atoms with Crippen molar-refractivity contribution in [2.24, 2.45) is 0 Å². The molecule has 2 radical (unpaired) electrons. The molecule has 0 heterocycles. The van der Waals surface area contributed by atoms with Gasteiger partial charge in [0, 0.05) is 10.9 Å². The first-order valence-electron chi connectivity index (χ1n) is 8.40. The van der Waals surface area contributed by atoms with E-state index in [1.807, 2.05) is 12.1 Å². The SMILES string of the molecule is [B][C@@H]1Cc2ccccc2[C@@H](c2cccc(-c3ccc(Cl)cc3)c2)C1. The van der Waals surface area contributed by atoms with Crippen molar-refractivity contribution in [3.05, 3.63) is 94.5 Å². The van der Waals surface area contributed by atoms with Gasteiger partial charge in [0.2, 0.25) is 0 Å². The highest BCUT2D eigenvalue weighted by Crippen LogP contribution is 2.41. The van der Waals surface area contributed by atoms with Gasteiger partial charge in [-0.1, -0.05) is 78.1 Å². The van der Waals surface area contributed by atoms with Crippen LogP contribution in [-0.4, -0.2) is 7.85 Å². The third-order valence-corrected chi connectivity index (χ3v) is 5.17. The smallest absolute Gasteiger partial charge is 0.0704 e. The molecule has 0 N–H and O–H groups in total. The van der Waals surface area contributed by atoms with Gasteiger partial charge in [-0.2, -0.15) is 0 Å². The Balaban J connectivity index is 1.75. The molecular weight excluding hydrogens is 311 g/mol. The zero-order valence-electron chi connectivity index (χ0n) is 13.5. The monoisotopic (exact) mass is 328 g/mol. The topological polar surface area (TPSA) is 0 Å². The summed E-state index contributed by atoms with van der Waals surface area (Å²) in [5.41, 5.74) is 6.56. The van der Waals surface area contributed by atoms with Crippen molar-refractivity contribution < 1.29 is 0 Å². The van der Waals surface area contributed by atoms with Crippen LogP contribution in [0.5, 0.6) is 0 Å². The second kappa shape index (κ2) is 6.49. The number of hydrogen-bond donors (Lipinski definition) is 0. The van der Waals surface area contributed by atoms with Gasteiger partial charge in [-0.15, -0.1) is 0 Å². The average Bonchev–Trinajstić information content (AvgIpc) is 2.62. The average molecular weight is 329 g/mol. The Morgan fingerprint density at radius 3 is 2.46 bits per heavy atom. The van der Waals surface area contributed by atoms with E-state index in [-0.39, 0.29) is 5.82 Å². The number of hydrogen-bond acceptors (Lipinski definition) is 0. The molecule has 0 fully saturated rings. The van der Waals surface area contributed by atoms with Crippen LogP contribution >= 0.6 is 11.6 Å². The molecular formula is C22H18BCl. The summed E-state index contributed by atoms with van der Waals surface area (Å²) >= 11 is 6.01. The van der Waals surface area contributed by atoms with Crippen LogP contribution in [0.3, 0.4) is 0 Å². The maximum Gasteiger partial charge on any atom is 0.0704 e. The van der Waals surface area contributed by atoms with Crippen LogP contribution in [0.1, 0.15) is 29.0 Å². The number of rotatable bonds is 2. The molecule has 0 aromatic heterocycles. The van der Waals surface area contributed by atoms with Crippen molar-refractivity contribution in [1.29, 1.82) is 0 Å². The van der Waals surface area contributed by atoms with Crippen molar-refractivity contribution in [2.45, 2.75) is 24.6 Å². The Labute approximate surface area is 149 Å². The molecule has 3 aromatic carbocycles. The molecule has 1 aliphatic carbocycles. The third kappa shape index (κ3) is 3.01. The molecule has 0 nitrogen and oxygen atoms in total. The van der Waals surface area contributed by atoms with E-state index in [1.165, 1.54) is 27.8 Å². The lowest BCUT2D eigenvalue weighted by atomic mass is 9.67. The predicted octanol–water partition coefficient (Wildman–Crippen LogP) is 6.04. The van der Waals surface area contributed by atoms with Crippen LogP contribution < -0.4 is 0 Å². The van der Waals surface area contributed by atoms with Crippen molar-refractivity contribution in [1.82, 2.24) is 0 Å². The molecule has 0 saturated carbocycles. The summed E-state index contributed by atoms with van der Waals surface area (Å²) in [6.07, 6.45) is 1.98. The molecule has 0 saturated heterocycles. The van der Waals surface area contributed by atoms with E-state index in [0.29, 0.717) is 5.92 Å². The van der Waals surface area contributed by atoms with E-state index in [9.17, 15) is 0 Å². The fourth-order valence-electron chi connectivity index (χ4n) is 3.75. The van der Waals surface area contributed by atoms with E-state index >= 15 is 0 Å². The van der Waals surface area contributed by atoms with Gasteiger partial charge in [-0.25, -0.2) is 0 Å². The van der Waals surface area contributed by atoms with E-state index in [4.69, 9.17) is 19.4 Å². The van der Waals surface area contributed by atoms with E-state index < -0.39 is 0 Å². The fourth-order valence-corrected chi connectivity index (χ4v) is 3.87. The Kier molecular flexibility index (Phi) is 4.20. The molecule has 24 heavy (non-hydrogen) atoms. The van der Waals surface area contributed by atoms with Crippen LogP contribution in [0.25, 0.3) is 11.1 Å². The highest BCUT2D eigenvalue weighted by molar-refractivity contribution is 6.30. The van der Waals surface area contributed by atoms with Gasteiger partial charge in [0.05, 0.1) is 7.85 Å². The molecule has 2 heteroatoms. The third-order valence-electron chi connectivity index (χ3n) is 4.92. The summed E-state index contributed by atoms with van der Waals surface area (Å²) in [5, 5.41) is 0.766. The van der Waals surface area contributed by atoms with Gasteiger partial charge in [-0.3, -0.25) is 0 Å². The number of halogens is 1. The van der Waals surface area contributed by atoms with Crippen molar-refractivity contribution in [2.75, 3.05) is 0 Å². The van der Waals surface area contributed by atoms with Crippen molar-refractivity contribution in [3.63, 3.8) is 0 Å². The Hall–Kier alpha value is -1.99. The van der Waals surface area contributed by atoms with Crippen molar-refractivity contribution >= 4 is 19.4 Å². The van der Waals surface area contributed by atoms with Crippen LogP contribution in [0.2, 0.25) is 10.8 Å². The lowest BCUT2D eigenvalue weighted by molar-refractivity contribution is 0.615. The predicted molar refractivity (Wildman–Crippen MR) is 103 cm³/mol. The molecule has 0 amide bonds. The lowest BCUT2D eigenvalue weighted by Crippen LogP contribution is -2.16. The summed E-state index contributed by atoms with van der Waals surface area (Å²) in [7, 11) is 6.33. The fraction of sp³-hybridized carbons (Fsp3) is 0.182. The molecule has 3 aromatic rings. The Morgan fingerprint density at radius 1 is 0.833 bits per heavy atom. The van der Waals surface area contributed by atoms with Crippen LogP contribution in [0, 0.1) is 0 Å². The first kappa shape index (κ1) is 15.5. The molecule has 2 atom stereocenters. The number of fused-ring (bicyclic) bond motifs is 1. The Morgan fingerprint density at radius 2 is 1.62 bits per heavy atom. The normalized spacial score (nSPS) is 19.7. The minimum absolute atomic E-state index is 0.226. The lowest BCUT2D eigenvalue weighted by Gasteiger charge is -2.30. The highest BCUT2D eigenvalue weighted by atomic mass is 35.5. The zero-order valence-corrected chi connectivity index (χ0v) is 14.2. The number of benzene rings is 3. The van der Waals surface area contributed by atoms with Crippen LogP contribution in [0.15, 0.2) is 72.8 Å². The van der Waals surface area contributed by atoms with E-state index in [2.05, 4.69) is 60.7 Å². The minimum atomic E-state index is 0.226. The molecule has 1 aliphatic rings. The first-order valence-corrected chi connectivity index (χ1v) is 8.78. The maximum absolute atomic E-state index is 6.33. The van der Waals surface area contributed by atoms with Gasteiger partial charge in [0.1, 0.15) is 0 Å². The molecule has 0 aliphatic heterocycles. The minimum Gasteiger partial charge on any atom is -0.0843 e. The summed E-state index contributed by atoms with van der Waals surface area (Å²) in [4.78, 5) is 0. The standard InChI is InChI=1S/C22H18BCl/c23-19-13-18-4-1-2-7-21(18)22(14-19)17-6-3-5-16(12-17)15-8-10-20(24)11-9-15/h1-12,19,22H,13-14H2/t19-,22-/m1/s1. The maximum atomic E-state index is 6.33. The second-order valence-corrected chi connectivity index (χ2v) is 7.02. The van der Waals surface area contributed by atoms with Crippen molar-refractivity contribution in [3.8, 4) is 11.1 Å². The van der Waals surface area contributed by atoms with Gasteiger partial charge < -0.3 is 0 Å². The summed E-state index contributed by atoms with van der Waals surface area (Å²) < 4.78 is 0. The zero-order chi connectivity index (χ0) is 16.5. The van der Waals surface area contributed by atoms with Crippen LogP contribution in [0.4, 0.5) is 0 Å². The molecule has 0 bridgehead atoms.